The molecule has 0 amide bonds. The lowest BCUT2D eigenvalue weighted by Crippen LogP contribution is -2.08. The average molecular weight is 386 g/mol. The molecule has 0 aromatic heterocycles. The van der Waals surface area contributed by atoms with Crippen LogP contribution in [0.4, 0.5) is 0 Å². The number of aryl methyl sites for hydroxylation is 2. The molecule has 0 spiro atoms. The number of phenols is 2. The summed E-state index contributed by atoms with van der Waals surface area (Å²) in [5.41, 5.74) is 4.34. The van der Waals surface area contributed by atoms with Gasteiger partial charge in [-0.05, 0) is 51.0 Å². The van der Waals surface area contributed by atoms with Crippen LogP contribution < -0.4 is 9.47 Å². The third-order valence-electron chi connectivity index (χ3n) is 5.25. The monoisotopic (exact) mass is 386 g/mol. The molecule has 2 saturated heterocycles. The maximum atomic E-state index is 10.7. The van der Waals surface area contributed by atoms with E-state index in [1.54, 1.807) is 12.1 Å². The quantitative estimate of drug-likeness (QED) is 0.708. The van der Waals surface area contributed by atoms with E-state index in [0.29, 0.717) is 49.1 Å². The number of hydrogen-bond donors (Lipinski definition) is 2. The normalized spacial score (nSPS) is 20.1. The molecule has 2 aromatic carbocycles. The Kier molecular flexibility index (Phi) is 4.85. The molecule has 2 atom stereocenters. The van der Waals surface area contributed by atoms with E-state index in [0.717, 1.165) is 22.3 Å². The molecule has 0 bridgehead atoms. The maximum Gasteiger partial charge on any atom is 0.126 e. The molecule has 2 N–H and O–H groups in total. The van der Waals surface area contributed by atoms with Crippen molar-refractivity contribution in [2.75, 3.05) is 26.4 Å². The van der Waals surface area contributed by atoms with Crippen molar-refractivity contribution in [2.45, 2.75) is 39.9 Å². The lowest BCUT2D eigenvalue weighted by Gasteiger charge is -2.21. The van der Waals surface area contributed by atoms with Gasteiger partial charge in [0.05, 0.1) is 13.2 Å². The minimum Gasteiger partial charge on any atom is -0.507 e. The molecular formula is C22H26O6. The standard InChI is InChI=1S/C22H26O6/c1-11-5-17(23)19(13(3)21(11)27-9-15-7-25-15)20-14(4)22(12(2)6-18(20)24)28-10-16-8-26-16/h5-6,15-16,23-24H,7-10H2,1-4H3. The summed E-state index contributed by atoms with van der Waals surface area (Å²) in [6.45, 7) is 9.95. The highest BCUT2D eigenvalue weighted by Crippen LogP contribution is 2.47. The fourth-order valence-corrected chi connectivity index (χ4v) is 3.64. The van der Waals surface area contributed by atoms with Crippen molar-refractivity contribution in [1.29, 1.82) is 0 Å². The number of rotatable bonds is 7. The van der Waals surface area contributed by atoms with E-state index < -0.39 is 0 Å². The van der Waals surface area contributed by atoms with Gasteiger partial charge in [-0.25, -0.2) is 0 Å². The molecule has 2 fully saturated rings. The van der Waals surface area contributed by atoms with E-state index in [1.807, 2.05) is 27.7 Å². The average Bonchev–Trinajstić information content (AvgIpc) is 3.51. The van der Waals surface area contributed by atoms with Crippen LogP contribution in [0.15, 0.2) is 12.1 Å². The maximum absolute atomic E-state index is 10.7. The lowest BCUT2D eigenvalue weighted by atomic mass is 9.91. The molecule has 0 aliphatic carbocycles. The largest absolute Gasteiger partial charge is 0.507 e. The highest BCUT2D eigenvalue weighted by Gasteiger charge is 2.27. The summed E-state index contributed by atoms with van der Waals surface area (Å²) in [7, 11) is 0. The van der Waals surface area contributed by atoms with E-state index >= 15 is 0 Å². The third kappa shape index (κ3) is 3.62. The van der Waals surface area contributed by atoms with Crippen molar-refractivity contribution < 1.29 is 29.2 Å². The van der Waals surface area contributed by atoms with Gasteiger partial charge in [0.2, 0.25) is 0 Å². The number of aromatic hydroxyl groups is 2. The molecular weight excluding hydrogens is 360 g/mol. The van der Waals surface area contributed by atoms with Gasteiger partial charge in [-0.3, -0.25) is 0 Å². The van der Waals surface area contributed by atoms with Gasteiger partial charge in [-0.2, -0.15) is 0 Å². The Balaban J connectivity index is 1.78. The molecule has 0 radical (unpaired) electrons. The number of benzene rings is 2. The van der Waals surface area contributed by atoms with Crippen molar-refractivity contribution in [3.8, 4) is 34.1 Å². The first-order valence-corrected chi connectivity index (χ1v) is 9.52. The minimum absolute atomic E-state index is 0.101. The highest BCUT2D eigenvalue weighted by molar-refractivity contribution is 5.85. The number of epoxide rings is 2. The first kappa shape index (κ1) is 18.9. The van der Waals surface area contributed by atoms with Crippen LogP contribution in [0, 0.1) is 27.7 Å². The summed E-state index contributed by atoms with van der Waals surface area (Å²) in [5, 5.41) is 21.4. The molecule has 6 heteroatoms. The summed E-state index contributed by atoms with van der Waals surface area (Å²) in [5.74, 6) is 1.61. The molecule has 150 valence electrons. The number of hydrogen-bond acceptors (Lipinski definition) is 6. The van der Waals surface area contributed by atoms with Gasteiger partial charge in [-0.15, -0.1) is 0 Å². The topological polar surface area (TPSA) is 84.0 Å². The summed E-state index contributed by atoms with van der Waals surface area (Å²) in [6.07, 6.45) is 0.269. The molecule has 2 aliphatic heterocycles. The van der Waals surface area contributed by atoms with Gasteiger partial charge in [0.25, 0.3) is 0 Å². The Hall–Kier alpha value is -2.44. The van der Waals surface area contributed by atoms with Crippen LogP contribution in [0.2, 0.25) is 0 Å². The zero-order valence-electron chi connectivity index (χ0n) is 16.7. The second-order valence-electron chi connectivity index (χ2n) is 7.62. The predicted octanol–water partition coefficient (Wildman–Crippen LogP) is 3.55. The highest BCUT2D eigenvalue weighted by atomic mass is 16.6. The predicted molar refractivity (Wildman–Crippen MR) is 105 cm³/mol. The van der Waals surface area contributed by atoms with Crippen molar-refractivity contribution in [3.63, 3.8) is 0 Å². The minimum atomic E-state index is 0.101. The zero-order chi connectivity index (χ0) is 20.0. The fourth-order valence-electron chi connectivity index (χ4n) is 3.64. The van der Waals surface area contributed by atoms with E-state index in [1.165, 1.54) is 0 Å². The smallest absolute Gasteiger partial charge is 0.126 e. The molecule has 2 unspecified atom stereocenters. The van der Waals surface area contributed by atoms with Crippen LogP contribution in [-0.4, -0.2) is 48.8 Å². The summed E-state index contributed by atoms with van der Waals surface area (Å²) in [6, 6.07) is 3.34. The van der Waals surface area contributed by atoms with Gasteiger partial charge < -0.3 is 29.2 Å². The van der Waals surface area contributed by atoms with Crippen LogP contribution in [0.5, 0.6) is 23.0 Å². The molecule has 4 rings (SSSR count). The van der Waals surface area contributed by atoms with Crippen LogP contribution in [0.3, 0.4) is 0 Å². The number of phenolic OH excluding ortho intramolecular Hbond substituents is 2. The first-order chi connectivity index (χ1) is 13.4. The SMILES string of the molecule is Cc1cc(O)c(-c2c(O)cc(C)c(OCC3CO3)c2C)c(C)c1OCC1CO1. The lowest BCUT2D eigenvalue weighted by molar-refractivity contribution is 0.260. The molecule has 0 saturated carbocycles. The van der Waals surface area contributed by atoms with Gasteiger partial charge >= 0.3 is 0 Å². The van der Waals surface area contributed by atoms with Gasteiger partial charge in [-0.1, -0.05) is 0 Å². The molecule has 2 aliphatic rings. The van der Waals surface area contributed by atoms with E-state index in [2.05, 4.69) is 0 Å². The van der Waals surface area contributed by atoms with Crippen molar-refractivity contribution >= 4 is 0 Å². The van der Waals surface area contributed by atoms with Gasteiger partial charge in [0.1, 0.15) is 48.4 Å². The van der Waals surface area contributed by atoms with E-state index in [9.17, 15) is 10.2 Å². The second-order valence-corrected chi connectivity index (χ2v) is 7.62. The molecule has 2 heterocycles. The summed E-state index contributed by atoms with van der Waals surface area (Å²) >= 11 is 0. The molecule has 2 aromatic rings. The second kappa shape index (κ2) is 7.18. The fraction of sp³-hybridized carbons (Fsp3) is 0.455. The first-order valence-electron chi connectivity index (χ1n) is 9.52. The van der Waals surface area contributed by atoms with Crippen LogP contribution in [-0.2, 0) is 9.47 Å². The van der Waals surface area contributed by atoms with E-state index in [4.69, 9.17) is 18.9 Å². The number of ether oxygens (including phenoxy) is 4. The van der Waals surface area contributed by atoms with Crippen molar-refractivity contribution in [2.24, 2.45) is 0 Å². The van der Waals surface area contributed by atoms with Crippen molar-refractivity contribution in [3.05, 3.63) is 34.4 Å². The van der Waals surface area contributed by atoms with Crippen molar-refractivity contribution in [1.82, 2.24) is 0 Å². The molecule has 28 heavy (non-hydrogen) atoms. The van der Waals surface area contributed by atoms with Crippen LogP contribution in [0.1, 0.15) is 22.3 Å². The Morgan fingerprint density at radius 2 is 1.14 bits per heavy atom. The van der Waals surface area contributed by atoms with E-state index in [-0.39, 0.29) is 23.7 Å². The zero-order valence-corrected chi connectivity index (χ0v) is 16.7. The summed E-state index contributed by atoms with van der Waals surface area (Å²) < 4.78 is 22.4. The Labute approximate surface area is 164 Å². The molecule has 6 nitrogen and oxygen atoms in total. The van der Waals surface area contributed by atoms with Crippen LogP contribution in [0.25, 0.3) is 11.1 Å². The Morgan fingerprint density at radius 3 is 1.46 bits per heavy atom. The Bertz CT molecular complexity index is 837. The summed E-state index contributed by atoms with van der Waals surface area (Å²) in [4.78, 5) is 0. The Morgan fingerprint density at radius 1 is 0.786 bits per heavy atom. The van der Waals surface area contributed by atoms with Crippen LogP contribution >= 0.6 is 0 Å². The van der Waals surface area contributed by atoms with Gasteiger partial charge in [0.15, 0.2) is 0 Å². The third-order valence-corrected chi connectivity index (χ3v) is 5.25. The van der Waals surface area contributed by atoms with Gasteiger partial charge in [0, 0.05) is 22.3 Å².